The molecule has 8 heteroatoms. The zero-order valence-electron chi connectivity index (χ0n) is 11.8. The smallest absolute Gasteiger partial charge is 0.326 e. The molecule has 0 aromatic rings. The lowest BCUT2D eigenvalue weighted by Gasteiger charge is -2.38. The van der Waals surface area contributed by atoms with Crippen LogP contribution in [0.15, 0.2) is 0 Å². The Hall–Kier alpha value is -1.15. The topological polar surface area (TPSA) is 118 Å². The van der Waals surface area contributed by atoms with Crippen LogP contribution in [0.4, 0.5) is 0 Å². The standard InChI is InChI=1S/C12H22N2O5S/c1-8-4-3-6-14(10(8)12(16)17)11(15)9(13)5-7-20(2,18)19/h8-10H,3-7,13H2,1-2H3,(H,16,17). The number of hydrogen-bond donors (Lipinski definition) is 2. The molecule has 3 unspecified atom stereocenters. The van der Waals surface area contributed by atoms with E-state index in [9.17, 15) is 23.1 Å². The molecule has 0 radical (unpaired) electrons. The highest BCUT2D eigenvalue weighted by Crippen LogP contribution is 2.24. The molecule has 0 spiro atoms. The number of carboxylic acid groups (broad SMARTS) is 1. The van der Waals surface area contributed by atoms with Gasteiger partial charge < -0.3 is 15.7 Å². The third-order valence-corrected chi connectivity index (χ3v) is 4.56. The van der Waals surface area contributed by atoms with Gasteiger partial charge in [0, 0.05) is 12.8 Å². The summed E-state index contributed by atoms with van der Waals surface area (Å²) in [5, 5.41) is 9.24. The SMILES string of the molecule is CC1CCCN(C(=O)C(N)CCS(C)(=O)=O)C1C(=O)O. The van der Waals surface area contributed by atoms with Crippen LogP contribution in [0.1, 0.15) is 26.2 Å². The van der Waals surface area contributed by atoms with Crippen molar-refractivity contribution in [3.8, 4) is 0 Å². The van der Waals surface area contributed by atoms with Gasteiger partial charge in [-0.15, -0.1) is 0 Å². The first kappa shape index (κ1) is 16.9. The molecule has 116 valence electrons. The molecule has 3 N–H and O–H groups in total. The van der Waals surface area contributed by atoms with E-state index in [1.165, 1.54) is 4.90 Å². The zero-order chi connectivity index (χ0) is 15.5. The summed E-state index contributed by atoms with van der Waals surface area (Å²) in [5.74, 6) is -1.83. The quantitative estimate of drug-likeness (QED) is 0.704. The molecule has 0 aromatic heterocycles. The first-order valence-corrected chi connectivity index (χ1v) is 8.66. The van der Waals surface area contributed by atoms with E-state index < -0.39 is 33.8 Å². The van der Waals surface area contributed by atoms with Gasteiger partial charge in [-0.3, -0.25) is 4.79 Å². The second-order valence-corrected chi connectivity index (χ2v) is 7.72. The van der Waals surface area contributed by atoms with E-state index in [0.29, 0.717) is 6.54 Å². The number of carbonyl (C=O) groups is 2. The van der Waals surface area contributed by atoms with Crippen molar-refractivity contribution in [2.24, 2.45) is 11.7 Å². The van der Waals surface area contributed by atoms with Gasteiger partial charge in [0.15, 0.2) is 0 Å². The molecule has 1 heterocycles. The first-order valence-electron chi connectivity index (χ1n) is 6.60. The number of likely N-dealkylation sites (tertiary alicyclic amines) is 1. The Kier molecular flexibility index (Phi) is 5.52. The number of amides is 1. The summed E-state index contributed by atoms with van der Waals surface area (Å²) in [5.41, 5.74) is 5.71. The number of sulfone groups is 1. The molecule has 7 nitrogen and oxygen atoms in total. The van der Waals surface area contributed by atoms with E-state index >= 15 is 0 Å². The van der Waals surface area contributed by atoms with Crippen LogP contribution < -0.4 is 5.73 Å². The predicted octanol–water partition coefficient (Wildman–Crippen LogP) is -0.540. The number of nitrogens with two attached hydrogens (primary N) is 1. The maximum atomic E-state index is 12.2. The summed E-state index contributed by atoms with van der Waals surface area (Å²) in [4.78, 5) is 24.8. The number of piperidine rings is 1. The lowest BCUT2D eigenvalue weighted by atomic mass is 9.90. The number of hydrogen-bond acceptors (Lipinski definition) is 5. The molecule has 0 saturated carbocycles. The van der Waals surface area contributed by atoms with Crippen molar-refractivity contribution < 1.29 is 23.1 Å². The molecule has 0 aliphatic carbocycles. The van der Waals surface area contributed by atoms with Crippen LogP contribution >= 0.6 is 0 Å². The van der Waals surface area contributed by atoms with Gasteiger partial charge in [0.2, 0.25) is 5.91 Å². The van der Waals surface area contributed by atoms with Crippen LogP contribution in [0.25, 0.3) is 0 Å². The van der Waals surface area contributed by atoms with E-state index in [2.05, 4.69) is 0 Å². The minimum Gasteiger partial charge on any atom is -0.480 e. The zero-order valence-corrected chi connectivity index (χ0v) is 12.6. The molecular weight excluding hydrogens is 284 g/mol. The Morgan fingerprint density at radius 1 is 1.45 bits per heavy atom. The summed E-state index contributed by atoms with van der Waals surface area (Å²) >= 11 is 0. The fraction of sp³-hybridized carbons (Fsp3) is 0.833. The number of rotatable bonds is 5. The van der Waals surface area contributed by atoms with Gasteiger partial charge in [0.1, 0.15) is 15.9 Å². The van der Waals surface area contributed by atoms with Crippen LogP contribution in [-0.4, -0.2) is 60.9 Å². The van der Waals surface area contributed by atoms with Gasteiger partial charge in [-0.25, -0.2) is 13.2 Å². The molecule has 1 rings (SSSR count). The molecular formula is C12H22N2O5S. The Balaban J connectivity index is 2.75. The van der Waals surface area contributed by atoms with Gasteiger partial charge in [0.25, 0.3) is 0 Å². The van der Waals surface area contributed by atoms with Crippen molar-refractivity contribution in [2.75, 3.05) is 18.6 Å². The number of nitrogens with zero attached hydrogens (tertiary/aromatic N) is 1. The van der Waals surface area contributed by atoms with Crippen LogP contribution in [0, 0.1) is 5.92 Å². The molecule has 20 heavy (non-hydrogen) atoms. The minimum atomic E-state index is -3.19. The van der Waals surface area contributed by atoms with Crippen LogP contribution in [0.2, 0.25) is 0 Å². The van der Waals surface area contributed by atoms with Gasteiger partial charge in [-0.2, -0.15) is 0 Å². The third kappa shape index (κ3) is 4.45. The van der Waals surface area contributed by atoms with E-state index in [0.717, 1.165) is 19.1 Å². The molecule has 1 aliphatic heterocycles. The Labute approximate surface area is 119 Å². The van der Waals surface area contributed by atoms with Crippen molar-refractivity contribution in [3.63, 3.8) is 0 Å². The van der Waals surface area contributed by atoms with Crippen molar-refractivity contribution in [1.29, 1.82) is 0 Å². The highest BCUT2D eigenvalue weighted by Gasteiger charge is 2.38. The summed E-state index contributed by atoms with van der Waals surface area (Å²) in [7, 11) is -3.19. The first-order chi connectivity index (χ1) is 9.13. The summed E-state index contributed by atoms with van der Waals surface area (Å²) in [6.45, 7) is 2.15. The molecule has 1 saturated heterocycles. The number of carbonyl (C=O) groups excluding carboxylic acids is 1. The average molecular weight is 306 g/mol. The summed E-state index contributed by atoms with van der Waals surface area (Å²) < 4.78 is 22.2. The maximum Gasteiger partial charge on any atom is 0.326 e. The van der Waals surface area contributed by atoms with Gasteiger partial charge >= 0.3 is 5.97 Å². The second kappa shape index (κ2) is 6.53. The molecule has 1 fully saturated rings. The monoisotopic (exact) mass is 306 g/mol. The lowest BCUT2D eigenvalue weighted by Crippen LogP contribution is -2.56. The number of carboxylic acids is 1. The molecule has 3 atom stereocenters. The third-order valence-electron chi connectivity index (χ3n) is 3.59. The summed E-state index contributed by atoms with van der Waals surface area (Å²) in [6.07, 6.45) is 2.57. The highest BCUT2D eigenvalue weighted by molar-refractivity contribution is 7.90. The van der Waals surface area contributed by atoms with Crippen LogP contribution in [-0.2, 0) is 19.4 Å². The largest absolute Gasteiger partial charge is 0.480 e. The minimum absolute atomic E-state index is 0.00882. The Morgan fingerprint density at radius 2 is 2.05 bits per heavy atom. The molecule has 0 bridgehead atoms. The molecule has 1 amide bonds. The molecule has 0 aromatic carbocycles. The molecule has 1 aliphatic rings. The van der Waals surface area contributed by atoms with Crippen molar-refractivity contribution in [1.82, 2.24) is 4.90 Å². The van der Waals surface area contributed by atoms with Crippen molar-refractivity contribution in [2.45, 2.75) is 38.3 Å². The maximum absolute atomic E-state index is 12.2. The van der Waals surface area contributed by atoms with Crippen molar-refractivity contribution >= 4 is 21.7 Å². The average Bonchev–Trinajstić information content (AvgIpc) is 2.33. The van der Waals surface area contributed by atoms with Gasteiger partial charge in [-0.1, -0.05) is 6.92 Å². The van der Waals surface area contributed by atoms with Gasteiger partial charge in [0.05, 0.1) is 11.8 Å². The highest BCUT2D eigenvalue weighted by atomic mass is 32.2. The predicted molar refractivity (Wildman–Crippen MR) is 73.8 cm³/mol. The normalized spacial score (nSPS) is 25.2. The van der Waals surface area contributed by atoms with Crippen LogP contribution in [0.3, 0.4) is 0 Å². The summed E-state index contributed by atoms with van der Waals surface area (Å²) in [6, 6.07) is -1.85. The van der Waals surface area contributed by atoms with E-state index in [4.69, 9.17) is 5.73 Å². The van der Waals surface area contributed by atoms with E-state index in [1.807, 2.05) is 0 Å². The van der Waals surface area contributed by atoms with Gasteiger partial charge in [-0.05, 0) is 25.2 Å². The van der Waals surface area contributed by atoms with E-state index in [1.54, 1.807) is 6.92 Å². The fourth-order valence-electron chi connectivity index (χ4n) is 2.49. The second-order valence-electron chi connectivity index (χ2n) is 5.46. The Bertz CT molecular complexity index is 476. The number of aliphatic carboxylic acids is 1. The van der Waals surface area contributed by atoms with Crippen LogP contribution in [0.5, 0.6) is 0 Å². The lowest BCUT2D eigenvalue weighted by molar-refractivity contribution is -0.155. The Morgan fingerprint density at radius 3 is 2.55 bits per heavy atom. The van der Waals surface area contributed by atoms with Crippen molar-refractivity contribution in [3.05, 3.63) is 0 Å². The van der Waals surface area contributed by atoms with E-state index in [-0.39, 0.29) is 18.1 Å². The fourth-order valence-corrected chi connectivity index (χ4v) is 3.17.